The number of nitrogens with zero attached hydrogens (tertiary/aromatic N) is 5. The van der Waals surface area contributed by atoms with Gasteiger partial charge in [0.1, 0.15) is 5.82 Å². The molecule has 0 bridgehead atoms. The molecule has 24 heavy (non-hydrogen) atoms. The Bertz CT molecular complexity index is 884. The predicted octanol–water partition coefficient (Wildman–Crippen LogP) is 2.21. The largest absolute Gasteiger partial charge is 0.348 e. The van der Waals surface area contributed by atoms with Gasteiger partial charge in [-0.1, -0.05) is 24.7 Å². The van der Waals surface area contributed by atoms with Crippen molar-refractivity contribution in [1.29, 1.82) is 0 Å². The van der Waals surface area contributed by atoms with Crippen molar-refractivity contribution < 1.29 is 0 Å². The van der Waals surface area contributed by atoms with Crippen molar-refractivity contribution in [3.8, 4) is 0 Å². The van der Waals surface area contributed by atoms with Crippen molar-refractivity contribution in [2.75, 3.05) is 18.0 Å². The maximum Gasteiger partial charge on any atom is 0.275 e. The van der Waals surface area contributed by atoms with Crippen molar-refractivity contribution >= 4 is 21.4 Å². The number of piperidine rings is 1. The van der Waals surface area contributed by atoms with Crippen LogP contribution in [0.15, 0.2) is 23.3 Å². The van der Waals surface area contributed by atoms with E-state index in [-0.39, 0.29) is 5.56 Å². The van der Waals surface area contributed by atoms with Crippen LogP contribution in [-0.4, -0.2) is 37.7 Å². The second-order valence-electron chi connectivity index (χ2n) is 6.17. The van der Waals surface area contributed by atoms with Crippen LogP contribution < -0.4 is 10.5 Å². The summed E-state index contributed by atoms with van der Waals surface area (Å²) in [6, 6.07) is 1.60. The predicted molar refractivity (Wildman–Crippen MR) is 93.9 cm³/mol. The van der Waals surface area contributed by atoms with E-state index in [1.54, 1.807) is 12.3 Å². The molecule has 0 radical (unpaired) electrons. The fourth-order valence-electron chi connectivity index (χ4n) is 3.23. The van der Waals surface area contributed by atoms with Crippen LogP contribution in [-0.2, 0) is 6.42 Å². The summed E-state index contributed by atoms with van der Waals surface area (Å²) in [6.07, 6.45) is 7.67. The molecule has 8 heteroatoms. The third-order valence-electron chi connectivity index (χ3n) is 4.39. The molecule has 1 saturated heterocycles. The first-order valence-electron chi connectivity index (χ1n) is 8.38. The molecular weight excluding hydrogens is 324 g/mol. The van der Waals surface area contributed by atoms with Crippen LogP contribution in [0.4, 0.5) is 5.13 Å². The molecule has 3 aromatic rings. The van der Waals surface area contributed by atoms with Gasteiger partial charge in [0.2, 0.25) is 10.1 Å². The fourth-order valence-corrected chi connectivity index (χ4v) is 4.19. The minimum Gasteiger partial charge on any atom is -0.348 e. The van der Waals surface area contributed by atoms with Crippen LogP contribution in [0, 0.1) is 0 Å². The number of nitrogens with one attached hydrogen (secondary N) is 1. The Balaban J connectivity index is 1.63. The van der Waals surface area contributed by atoms with Gasteiger partial charge in [-0.25, -0.2) is 9.97 Å². The highest BCUT2D eigenvalue weighted by Crippen LogP contribution is 2.30. The van der Waals surface area contributed by atoms with Crippen molar-refractivity contribution in [2.24, 2.45) is 0 Å². The smallest absolute Gasteiger partial charge is 0.275 e. The lowest BCUT2D eigenvalue weighted by molar-refractivity contribution is 0.492. The van der Waals surface area contributed by atoms with Gasteiger partial charge in [0.05, 0.1) is 0 Å². The molecule has 1 aliphatic heterocycles. The number of anilines is 1. The molecule has 0 aromatic carbocycles. The molecule has 4 rings (SSSR count). The molecule has 1 unspecified atom stereocenters. The van der Waals surface area contributed by atoms with Crippen LogP contribution >= 0.6 is 11.3 Å². The van der Waals surface area contributed by atoms with E-state index >= 15 is 0 Å². The topological polar surface area (TPSA) is 79.2 Å². The number of aromatic nitrogens is 5. The van der Waals surface area contributed by atoms with E-state index in [2.05, 4.69) is 31.9 Å². The van der Waals surface area contributed by atoms with Crippen molar-refractivity contribution in [1.82, 2.24) is 24.6 Å². The van der Waals surface area contributed by atoms with Crippen LogP contribution in [0.1, 0.15) is 43.6 Å². The Morgan fingerprint density at radius 1 is 1.46 bits per heavy atom. The number of rotatable bonds is 4. The Hall–Kier alpha value is -2.22. The molecule has 0 saturated carbocycles. The second kappa shape index (κ2) is 6.35. The molecule has 1 atom stereocenters. The Labute approximate surface area is 143 Å². The molecule has 1 N–H and O–H groups in total. The lowest BCUT2D eigenvalue weighted by atomic mass is 9.98. The van der Waals surface area contributed by atoms with Crippen LogP contribution in [0.3, 0.4) is 0 Å². The molecule has 126 valence electrons. The third kappa shape index (κ3) is 2.82. The number of hydrogen-bond donors (Lipinski definition) is 1. The molecule has 0 spiro atoms. The molecule has 0 aliphatic carbocycles. The lowest BCUT2D eigenvalue weighted by Crippen LogP contribution is -2.34. The molecular formula is C16H20N6OS. The molecule has 0 amide bonds. The number of aromatic amines is 1. The van der Waals surface area contributed by atoms with E-state index in [1.807, 2.05) is 6.20 Å². The molecule has 1 fully saturated rings. The first-order valence-corrected chi connectivity index (χ1v) is 9.20. The maximum atomic E-state index is 12.3. The SMILES string of the molecule is CCCc1cc(=O)n2nc(N3CCCC(c4ncc[nH]4)C3)sc2n1. The summed E-state index contributed by atoms with van der Waals surface area (Å²) >= 11 is 1.49. The average Bonchev–Trinajstić information content (AvgIpc) is 3.25. The van der Waals surface area contributed by atoms with Gasteiger partial charge in [0.25, 0.3) is 5.56 Å². The van der Waals surface area contributed by atoms with E-state index in [9.17, 15) is 4.79 Å². The number of hydrogen-bond acceptors (Lipinski definition) is 6. The van der Waals surface area contributed by atoms with E-state index in [4.69, 9.17) is 0 Å². The Morgan fingerprint density at radius 2 is 2.38 bits per heavy atom. The highest BCUT2D eigenvalue weighted by Gasteiger charge is 2.25. The second-order valence-corrected chi connectivity index (χ2v) is 7.11. The van der Waals surface area contributed by atoms with E-state index in [0.29, 0.717) is 10.9 Å². The van der Waals surface area contributed by atoms with Gasteiger partial charge >= 0.3 is 0 Å². The zero-order valence-electron chi connectivity index (χ0n) is 13.6. The van der Waals surface area contributed by atoms with Gasteiger partial charge in [-0.05, 0) is 19.3 Å². The monoisotopic (exact) mass is 344 g/mol. The van der Waals surface area contributed by atoms with E-state index < -0.39 is 0 Å². The lowest BCUT2D eigenvalue weighted by Gasteiger charge is -2.31. The minimum atomic E-state index is -0.0921. The quantitative estimate of drug-likeness (QED) is 0.785. The minimum absolute atomic E-state index is 0.0921. The highest BCUT2D eigenvalue weighted by molar-refractivity contribution is 7.20. The van der Waals surface area contributed by atoms with Crippen LogP contribution in [0.25, 0.3) is 4.96 Å². The summed E-state index contributed by atoms with van der Waals surface area (Å²) < 4.78 is 1.43. The first-order chi connectivity index (χ1) is 11.7. The summed E-state index contributed by atoms with van der Waals surface area (Å²) in [4.78, 5) is 27.4. The zero-order chi connectivity index (χ0) is 16.5. The molecule has 3 aromatic heterocycles. The summed E-state index contributed by atoms with van der Waals surface area (Å²) in [6.45, 7) is 3.90. The van der Waals surface area contributed by atoms with Crippen LogP contribution in [0.2, 0.25) is 0 Å². The van der Waals surface area contributed by atoms with Gasteiger partial charge < -0.3 is 9.88 Å². The Morgan fingerprint density at radius 3 is 3.17 bits per heavy atom. The molecule has 1 aliphatic rings. The fraction of sp³-hybridized carbons (Fsp3) is 0.500. The molecule has 4 heterocycles. The van der Waals surface area contributed by atoms with Crippen molar-refractivity contribution in [3.05, 3.63) is 40.3 Å². The standard InChI is InChI=1S/C16H20N6OS/c1-2-4-12-9-13(23)22-15(19-12)24-16(20-22)21-8-3-5-11(10-21)14-17-6-7-18-14/h6-7,9,11H,2-5,8,10H2,1H3,(H,17,18). The number of aryl methyl sites for hydroxylation is 1. The number of H-pyrrole nitrogens is 1. The van der Waals surface area contributed by atoms with Gasteiger partial charge in [0, 0.05) is 43.2 Å². The number of fused-ring (bicyclic) bond motifs is 1. The molecule has 7 nitrogen and oxygen atoms in total. The normalized spacial score (nSPS) is 18.4. The maximum absolute atomic E-state index is 12.3. The van der Waals surface area contributed by atoms with E-state index in [1.165, 1.54) is 15.9 Å². The van der Waals surface area contributed by atoms with Crippen molar-refractivity contribution in [3.63, 3.8) is 0 Å². The summed E-state index contributed by atoms with van der Waals surface area (Å²) in [5.41, 5.74) is 0.760. The summed E-state index contributed by atoms with van der Waals surface area (Å²) in [5, 5.41) is 5.37. The van der Waals surface area contributed by atoms with Gasteiger partial charge in [-0.15, -0.1) is 5.10 Å². The average molecular weight is 344 g/mol. The zero-order valence-corrected chi connectivity index (χ0v) is 14.4. The van der Waals surface area contributed by atoms with Crippen molar-refractivity contribution in [2.45, 2.75) is 38.5 Å². The van der Waals surface area contributed by atoms with Gasteiger partial charge in [-0.3, -0.25) is 4.79 Å². The van der Waals surface area contributed by atoms with Gasteiger partial charge in [0.15, 0.2) is 0 Å². The van der Waals surface area contributed by atoms with E-state index in [0.717, 1.165) is 55.4 Å². The summed E-state index contributed by atoms with van der Waals surface area (Å²) in [7, 11) is 0. The Kier molecular flexibility index (Phi) is 4.05. The highest BCUT2D eigenvalue weighted by atomic mass is 32.1. The van der Waals surface area contributed by atoms with Crippen LogP contribution in [0.5, 0.6) is 0 Å². The number of imidazole rings is 1. The first kappa shape index (κ1) is 15.3. The summed E-state index contributed by atoms with van der Waals surface area (Å²) in [5.74, 6) is 1.41. The third-order valence-corrected chi connectivity index (χ3v) is 5.36. The van der Waals surface area contributed by atoms with Gasteiger partial charge in [-0.2, -0.15) is 4.52 Å².